The van der Waals surface area contributed by atoms with Gasteiger partial charge >= 0.3 is 0 Å². The zero-order valence-corrected chi connectivity index (χ0v) is 11.0. The lowest BCUT2D eigenvalue weighted by molar-refractivity contribution is -0.116. The molecule has 2 rings (SSSR count). The van der Waals surface area contributed by atoms with Crippen molar-refractivity contribution in [2.75, 3.05) is 12.4 Å². The van der Waals surface area contributed by atoms with E-state index in [0.717, 1.165) is 12.8 Å². The summed E-state index contributed by atoms with van der Waals surface area (Å²) in [5, 5.41) is 5.40. The third-order valence-corrected chi connectivity index (χ3v) is 3.20. The van der Waals surface area contributed by atoms with Crippen LogP contribution in [0.2, 0.25) is 0 Å². The second-order valence-electron chi connectivity index (χ2n) is 4.68. The molecule has 0 heterocycles. The van der Waals surface area contributed by atoms with Gasteiger partial charge < -0.3 is 10.6 Å². The molecule has 2 amide bonds. The summed E-state index contributed by atoms with van der Waals surface area (Å²) in [5.74, 6) is 0.183. The van der Waals surface area contributed by atoms with Crippen molar-refractivity contribution in [3.8, 4) is 0 Å². The van der Waals surface area contributed by atoms with Crippen molar-refractivity contribution >= 4 is 17.5 Å². The van der Waals surface area contributed by atoms with Crippen LogP contribution >= 0.6 is 0 Å². The van der Waals surface area contributed by atoms with Gasteiger partial charge in [0.05, 0.1) is 0 Å². The van der Waals surface area contributed by atoms with Crippen molar-refractivity contribution in [3.05, 3.63) is 42.0 Å². The van der Waals surface area contributed by atoms with Gasteiger partial charge in [-0.3, -0.25) is 9.59 Å². The highest BCUT2D eigenvalue weighted by Crippen LogP contribution is 2.21. The van der Waals surface area contributed by atoms with Gasteiger partial charge in [0.25, 0.3) is 5.91 Å². The molecule has 0 aliphatic heterocycles. The van der Waals surface area contributed by atoms with Gasteiger partial charge in [-0.05, 0) is 37.0 Å². The highest BCUT2D eigenvalue weighted by atomic mass is 16.2. The van der Waals surface area contributed by atoms with Crippen LogP contribution in [0.4, 0.5) is 5.69 Å². The minimum Gasteiger partial charge on any atom is -0.355 e. The van der Waals surface area contributed by atoms with E-state index >= 15 is 0 Å². The Labute approximate surface area is 112 Å². The van der Waals surface area contributed by atoms with Gasteiger partial charge in [0.1, 0.15) is 0 Å². The van der Waals surface area contributed by atoms with Crippen LogP contribution in [0.15, 0.2) is 36.4 Å². The maximum Gasteiger partial charge on any atom is 0.251 e. The van der Waals surface area contributed by atoms with Crippen molar-refractivity contribution < 1.29 is 9.59 Å². The normalized spacial score (nSPS) is 17.2. The van der Waals surface area contributed by atoms with Crippen molar-refractivity contribution in [1.82, 2.24) is 5.32 Å². The third kappa shape index (κ3) is 3.68. The highest BCUT2D eigenvalue weighted by molar-refractivity contribution is 5.97. The van der Waals surface area contributed by atoms with Crippen molar-refractivity contribution in [2.24, 2.45) is 5.92 Å². The second-order valence-corrected chi connectivity index (χ2v) is 4.68. The van der Waals surface area contributed by atoms with Crippen molar-refractivity contribution in [2.45, 2.75) is 19.3 Å². The van der Waals surface area contributed by atoms with E-state index in [-0.39, 0.29) is 11.8 Å². The molecule has 0 saturated carbocycles. The molecule has 1 aromatic carbocycles. The summed E-state index contributed by atoms with van der Waals surface area (Å²) in [6.45, 7) is 0. The molecule has 4 heteroatoms. The number of benzene rings is 1. The SMILES string of the molecule is CNC(=O)c1cccc(NC(=O)C[C@@H]2C=CCC2)c1. The number of anilines is 1. The minimum absolute atomic E-state index is 0.00870. The van der Waals surface area contributed by atoms with E-state index in [9.17, 15) is 9.59 Å². The summed E-state index contributed by atoms with van der Waals surface area (Å²) in [7, 11) is 1.58. The molecule has 4 nitrogen and oxygen atoms in total. The summed E-state index contributed by atoms with van der Waals surface area (Å²) in [6.07, 6.45) is 6.82. The van der Waals surface area contributed by atoms with Crippen molar-refractivity contribution in [3.63, 3.8) is 0 Å². The molecule has 1 aliphatic rings. The molecule has 0 aromatic heterocycles. The zero-order chi connectivity index (χ0) is 13.7. The summed E-state index contributed by atoms with van der Waals surface area (Å²) >= 11 is 0. The predicted molar refractivity (Wildman–Crippen MR) is 74.9 cm³/mol. The van der Waals surface area contributed by atoms with E-state index in [4.69, 9.17) is 0 Å². The molecule has 1 atom stereocenters. The quantitative estimate of drug-likeness (QED) is 0.814. The van der Waals surface area contributed by atoms with Crippen LogP contribution in [-0.2, 0) is 4.79 Å². The third-order valence-electron chi connectivity index (χ3n) is 3.20. The lowest BCUT2D eigenvalue weighted by Gasteiger charge is -2.09. The monoisotopic (exact) mass is 258 g/mol. The van der Waals surface area contributed by atoms with Crippen LogP contribution in [0.3, 0.4) is 0 Å². The number of carbonyl (C=O) groups excluding carboxylic acids is 2. The van der Waals surface area contributed by atoms with Crippen molar-refractivity contribution in [1.29, 1.82) is 0 Å². The van der Waals surface area contributed by atoms with Gasteiger partial charge in [-0.15, -0.1) is 0 Å². The molecule has 100 valence electrons. The first-order valence-corrected chi connectivity index (χ1v) is 6.47. The van der Waals surface area contributed by atoms with Crippen LogP contribution in [0.25, 0.3) is 0 Å². The molecule has 0 fully saturated rings. The minimum atomic E-state index is -0.158. The van der Waals surface area contributed by atoms with Crippen LogP contribution in [0.1, 0.15) is 29.6 Å². The highest BCUT2D eigenvalue weighted by Gasteiger charge is 2.14. The van der Waals surface area contributed by atoms with E-state index in [1.54, 1.807) is 31.3 Å². The molecule has 0 spiro atoms. The number of amides is 2. The van der Waals surface area contributed by atoms with E-state index < -0.39 is 0 Å². The summed E-state index contributed by atoms with van der Waals surface area (Å²) in [5.41, 5.74) is 1.20. The molecule has 19 heavy (non-hydrogen) atoms. The largest absolute Gasteiger partial charge is 0.355 e. The Morgan fingerprint density at radius 3 is 2.89 bits per heavy atom. The summed E-state index contributed by atoms with van der Waals surface area (Å²) < 4.78 is 0. The fourth-order valence-electron chi connectivity index (χ4n) is 2.20. The molecular weight excluding hydrogens is 240 g/mol. The average Bonchev–Trinajstić information content (AvgIpc) is 2.90. The Morgan fingerprint density at radius 1 is 1.37 bits per heavy atom. The lowest BCUT2D eigenvalue weighted by Crippen LogP contribution is -2.19. The van der Waals surface area contributed by atoms with E-state index in [0.29, 0.717) is 23.6 Å². The number of nitrogens with one attached hydrogen (secondary N) is 2. The second kappa shape index (κ2) is 6.18. The Bertz CT molecular complexity index is 509. The standard InChI is InChI=1S/C15H18N2O2/c1-16-15(19)12-7-4-8-13(10-12)17-14(18)9-11-5-2-3-6-11/h2,4-5,7-8,10-11H,3,6,9H2,1H3,(H,16,19)(H,17,18)/t11-/m1/s1. The zero-order valence-electron chi connectivity index (χ0n) is 11.0. The summed E-state index contributed by atoms with van der Waals surface area (Å²) in [6, 6.07) is 6.94. The van der Waals surface area contributed by atoms with Crippen LogP contribution in [0, 0.1) is 5.92 Å². The first-order chi connectivity index (χ1) is 9.19. The van der Waals surface area contributed by atoms with E-state index in [2.05, 4.69) is 22.8 Å². The van der Waals surface area contributed by atoms with Gasteiger partial charge in [0.15, 0.2) is 0 Å². The van der Waals surface area contributed by atoms with Gasteiger partial charge in [-0.1, -0.05) is 18.2 Å². The molecule has 1 aromatic rings. The smallest absolute Gasteiger partial charge is 0.251 e. The van der Waals surface area contributed by atoms with Gasteiger partial charge in [0.2, 0.25) is 5.91 Å². The van der Waals surface area contributed by atoms with Gasteiger partial charge in [-0.2, -0.15) is 0 Å². The summed E-state index contributed by atoms with van der Waals surface area (Å²) in [4.78, 5) is 23.4. The van der Waals surface area contributed by atoms with E-state index in [1.165, 1.54) is 0 Å². The number of hydrogen-bond donors (Lipinski definition) is 2. The Hall–Kier alpha value is -2.10. The molecular formula is C15H18N2O2. The maximum atomic E-state index is 11.9. The molecule has 0 unspecified atom stereocenters. The fourth-order valence-corrected chi connectivity index (χ4v) is 2.20. The fraction of sp³-hybridized carbons (Fsp3) is 0.333. The number of rotatable bonds is 4. The molecule has 0 saturated heterocycles. The van der Waals surface area contributed by atoms with Gasteiger partial charge in [-0.25, -0.2) is 0 Å². The molecule has 0 bridgehead atoms. The molecule has 1 aliphatic carbocycles. The topological polar surface area (TPSA) is 58.2 Å². The lowest BCUT2D eigenvalue weighted by atomic mass is 10.0. The maximum absolute atomic E-state index is 11.9. The predicted octanol–water partition coefficient (Wildman–Crippen LogP) is 2.34. The Morgan fingerprint density at radius 2 is 2.21 bits per heavy atom. The van der Waals surface area contributed by atoms with Crippen LogP contribution < -0.4 is 10.6 Å². The molecule has 0 radical (unpaired) electrons. The average molecular weight is 258 g/mol. The number of hydrogen-bond acceptors (Lipinski definition) is 2. The van der Waals surface area contributed by atoms with Crippen LogP contribution in [0.5, 0.6) is 0 Å². The van der Waals surface area contributed by atoms with Gasteiger partial charge in [0, 0.05) is 24.7 Å². The van der Waals surface area contributed by atoms with E-state index in [1.807, 2.05) is 0 Å². The van der Waals surface area contributed by atoms with Crippen LogP contribution in [-0.4, -0.2) is 18.9 Å². The first kappa shape index (κ1) is 13.3. The number of carbonyl (C=O) groups is 2. The number of allylic oxidation sites excluding steroid dienone is 2. The Kier molecular flexibility index (Phi) is 4.34. The Balaban J connectivity index is 1.96. The molecule has 2 N–H and O–H groups in total. The first-order valence-electron chi connectivity index (χ1n) is 6.47.